The van der Waals surface area contributed by atoms with Gasteiger partial charge in [0.15, 0.2) is 15.7 Å². The van der Waals surface area contributed by atoms with E-state index in [1.54, 1.807) is 50.2 Å². The number of sulfone groups is 1. The number of hydrogen-bond acceptors (Lipinski definition) is 16. The molecule has 0 spiro atoms. The molecule has 7 rings (SSSR count). The second kappa shape index (κ2) is 23.2. The lowest BCUT2D eigenvalue weighted by Gasteiger charge is -2.32. The zero-order valence-electron chi connectivity index (χ0n) is 39.8. The fraction of sp³-hybridized carbons (Fsp3) is 0.449. The van der Waals surface area contributed by atoms with Gasteiger partial charge >= 0.3 is 0 Å². The van der Waals surface area contributed by atoms with Crippen LogP contribution < -0.4 is 30.7 Å². The lowest BCUT2D eigenvalue weighted by Crippen LogP contribution is -2.54. The number of fused-ring (bicyclic) bond motifs is 1. The fourth-order valence-electron chi connectivity index (χ4n) is 8.49. The van der Waals surface area contributed by atoms with Crippen LogP contribution in [0.3, 0.4) is 0 Å². The van der Waals surface area contributed by atoms with Crippen molar-refractivity contribution in [2.24, 2.45) is 0 Å². The highest BCUT2D eigenvalue weighted by Gasteiger charge is 2.46. The van der Waals surface area contributed by atoms with Gasteiger partial charge in [-0.3, -0.25) is 39.1 Å². The molecule has 2 fully saturated rings. The van der Waals surface area contributed by atoms with Gasteiger partial charge in [-0.15, -0.1) is 0 Å². The van der Waals surface area contributed by atoms with Crippen LogP contribution in [-0.4, -0.2) is 134 Å². The lowest BCUT2D eigenvalue weighted by molar-refractivity contribution is -0.136. The van der Waals surface area contributed by atoms with Gasteiger partial charge in [-0.25, -0.2) is 13.4 Å². The highest BCUT2D eigenvalue weighted by molar-refractivity contribution is 7.92. The number of carbonyl (C=O) groups is 5. The maximum absolute atomic E-state index is 13.2. The van der Waals surface area contributed by atoms with Crippen LogP contribution in [0.4, 0.5) is 23.1 Å². The second-order valence-corrected chi connectivity index (χ2v) is 20.6. The molecular formula is C49H59ClN8O11S. The summed E-state index contributed by atoms with van der Waals surface area (Å²) in [4.78, 5) is 75.3. The molecule has 1 unspecified atom stereocenters. The second-order valence-electron chi connectivity index (χ2n) is 17.7. The third kappa shape index (κ3) is 12.4. The zero-order valence-corrected chi connectivity index (χ0v) is 41.4. The zero-order chi connectivity index (χ0) is 50.1. The Balaban J connectivity index is 0.815. The van der Waals surface area contributed by atoms with Crippen LogP contribution in [-0.2, 0) is 33.7 Å². The van der Waals surface area contributed by atoms with Crippen LogP contribution in [0.1, 0.15) is 91.1 Å². The summed E-state index contributed by atoms with van der Waals surface area (Å²) in [6, 6.07) is 14.3. The summed E-state index contributed by atoms with van der Waals surface area (Å²) in [5, 5.41) is 11.1. The minimum atomic E-state index is -3.60. The Morgan fingerprint density at radius 2 is 1.60 bits per heavy atom. The van der Waals surface area contributed by atoms with Gasteiger partial charge in [0.2, 0.25) is 23.7 Å². The summed E-state index contributed by atoms with van der Waals surface area (Å²) >= 11 is 6.50. The molecule has 2 saturated heterocycles. The molecule has 5 amide bonds. The Morgan fingerprint density at radius 1 is 0.871 bits per heavy atom. The Bertz CT molecular complexity index is 2710. The summed E-state index contributed by atoms with van der Waals surface area (Å²) in [6.45, 7) is 12.5. The van der Waals surface area contributed by atoms with E-state index in [0.717, 1.165) is 42.0 Å². The van der Waals surface area contributed by atoms with Gasteiger partial charge in [0, 0.05) is 13.0 Å². The first kappa shape index (κ1) is 51.7. The number of amides is 5. The number of carbonyl (C=O) groups excluding carboxylic acids is 5. The number of anilines is 4. The standard InChI is InChI=1S/C49H59ClN8O11S/c1-29(2)69-40-26-34(31(5)25-37(40)54-49-52-27-35(50)45(56-49)53-36-10-6-7-12-41(36)70(64,65)30(3)4)32-15-18-57(19-16-32)28-43(60)51-17-20-66-21-22-67-23-24-68-39-11-8-9-33-44(39)48(63)58(47(33)62)38-13-14-42(59)55-46(38)61/h6-12,25-27,29-30,32,38H,13-24,28H2,1-5H3,(H,51,60)(H,55,59,61)(H2,52,53,54,56). The number of rotatable bonds is 22. The van der Waals surface area contributed by atoms with Crippen molar-refractivity contribution in [3.63, 3.8) is 0 Å². The number of nitrogens with one attached hydrogen (secondary N) is 4. The molecule has 0 saturated carbocycles. The minimum absolute atomic E-state index is 0.0308. The van der Waals surface area contributed by atoms with Crippen LogP contribution in [0.25, 0.3) is 0 Å². The van der Waals surface area contributed by atoms with E-state index < -0.39 is 44.8 Å². The Labute approximate surface area is 412 Å². The van der Waals surface area contributed by atoms with Crippen molar-refractivity contribution >= 4 is 74.1 Å². The SMILES string of the molecule is Cc1cc(Nc2ncc(Cl)c(Nc3ccccc3S(=O)(=O)C(C)C)n2)c(OC(C)C)cc1C1CCN(CC(=O)NCCOCCOCCOc2cccc3c2C(=O)N(C2CCC(=O)NC2=O)C3=O)CC1. The molecule has 3 aromatic carbocycles. The quantitative estimate of drug-likeness (QED) is 0.0546. The summed E-state index contributed by atoms with van der Waals surface area (Å²) in [7, 11) is -3.60. The predicted octanol–water partition coefficient (Wildman–Crippen LogP) is 5.70. The third-order valence-corrected chi connectivity index (χ3v) is 14.5. The number of ether oxygens (including phenoxy) is 4. The highest BCUT2D eigenvalue weighted by Crippen LogP contribution is 2.39. The van der Waals surface area contributed by atoms with Crippen molar-refractivity contribution in [3.8, 4) is 11.5 Å². The number of benzene rings is 3. The molecule has 374 valence electrons. The number of hydrogen-bond donors (Lipinski definition) is 4. The van der Waals surface area contributed by atoms with Gasteiger partial charge in [-0.05, 0) is 120 Å². The third-order valence-electron chi connectivity index (χ3n) is 12.0. The van der Waals surface area contributed by atoms with Crippen molar-refractivity contribution in [1.82, 2.24) is 30.4 Å². The van der Waals surface area contributed by atoms with Crippen molar-refractivity contribution in [2.45, 2.75) is 88.5 Å². The molecule has 70 heavy (non-hydrogen) atoms. The first-order chi connectivity index (χ1) is 33.5. The molecule has 4 heterocycles. The van der Waals surface area contributed by atoms with Crippen molar-refractivity contribution in [2.75, 3.05) is 69.8 Å². The average Bonchev–Trinajstić information content (AvgIpc) is 3.57. The van der Waals surface area contributed by atoms with Crippen molar-refractivity contribution in [1.29, 1.82) is 0 Å². The number of piperidine rings is 2. The normalized spacial score (nSPS) is 16.7. The number of aryl methyl sites for hydroxylation is 1. The average molecular weight is 1000 g/mol. The lowest BCUT2D eigenvalue weighted by atomic mass is 9.86. The molecule has 0 aliphatic carbocycles. The van der Waals surface area contributed by atoms with E-state index in [2.05, 4.69) is 49.1 Å². The summed E-state index contributed by atoms with van der Waals surface area (Å²) in [5.74, 6) is -0.903. The topological polar surface area (TPSA) is 237 Å². The maximum atomic E-state index is 13.2. The van der Waals surface area contributed by atoms with Crippen LogP contribution in [0.15, 0.2) is 65.7 Å². The molecule has 1 atom stereocenters. The van der Waals surface area contributed by atoms with E-state index in [0.29, 0.717) is 30.3 Å². The van der Waals surface area contributed by atoms with E-state index in [9.17, 15) is 32.4 Å². The smallest absolute Gasteiger partial charge is 0.266 e. The number of imide groups is 2. The van der Waals surface area contributed by atoms with Crippen molar-refractivity contribution < 1.29 is 51.3 Å². The highest BCUT2D eigenvalue weighted by atomic mass is 35.5. The van der Waals surface area contributed by atoms with Crippen LogP contribution in [0.2, 0.25) is 5.02 Å². The number of nitrogens with zero attached hydrogens (tertiary/aromatic N) is 4. The van der Waals surface area contributed by atoms with Crippen molar-refractivity contribution in [3.05, 3.63) is 88.1 Å². The Hall–Kier alpha value is -6.19. The molecule has 0 bridgehead atoms. The van der Waals surface area contributed by atoms with E-state index in [4.69, 9.17) is 30.5 Å². The first-order valence-corrected chi connectivity index (χ1v) is 25.3. The molecule has 4 N–H and O–H groups in total. The molecule has 21 heteroatoms. The van der Waals surface area contributed by atoms with Crippen LogP contribution >= 0.6 is 11.6 Å². The largest absolute Gasteiger partial charge is 0.490 e. The monoisotopic (exact) mass is 1000 g/mol. The molecule has 4 aromatic rings. The van der Waals surface area contributed by atoms with Gasteiger partial charge in [-0.1, -0.05) is 29.8 Å². The van der Waals surface area contributed by atoms with E-state index in [-0.39, 0.29) is 102 Å². The number of para-hydroxylation sites is 1. The molecule has 3 aliphatic rings. The predicted molar refractivity (Wildman–Crippen MR) is 261 cm³/mol. The summed E-state index contributed by atoms with van der Waals surface area (Å²) in [5.41, 5.74) is 3.45. The number of aromatic nitrogens is 2. The van der Waals surface area contributed by atoms with Gasteiger partial charge < -0.3 is 34.9 Å². The van der Waals surface area contributed by atoms with E-state index >= 15 is 0 Å². The van der Waals surface area contributed by atoms with Gasteiger partial charge in [-0.2, -0.15) is 4.98 Å². The molecule has 3 aliphatic heterocycles. The molecule has 19 nitrogen and oxygen atoms in total. The molecule has 1 aromatic heterocycles. The van der Waals surface area contributed by atoms with E-state index in [1.165, 1.54) is 12.3 Å². The van der Waals surface area contributed by atoms with Gasteiger partial charge in [0.25, 0.3) is 11.8 Å². The van der Waals surface area contributed by atoms with Crippen LogP contribution in [0.5, 0.6) is 11.5 Å². The summed E-state index contributed by atoms with van der Waals surface area (Å²) < 4.78 is 49.5. The Morgan fingerprint density at radius 3 is 2.33 bits per heavy atom. The number of halogens is 1. The van der Waals surface area contributed by atoms with Gasteiger partial charge in [0.1, 0.15) is 29.2 Å². The van der Waals surface area contributed by atoms with E-state index in [1.807, 2.05) is 19.9 Å². The number of likely N-dealkylation sites (tertiary alicyclic amines) is 1. The minimum Gasteiger partial charge on any atom is -0.490 e. The molecular weight excluding hydrogens is 944 g/mol. The first-order valence-electron chi connectivity index (χ1n) is 23.3. The fourth-order valence-corrected chi connectivity index (χ4v) is 9.83. The molecule has 0 radical (unpaired) electrons. The van der Waals surface area contributed by atoms with Crippen LogP contribution in [0, 0.1) is 6.92 Å². The summed E-state index contributed by atoms with van der Waals surface area (Å²) in [6.07, 6.45) is 3.13. The van der Waals surface area contributed by atoms with Gasteiger partial charge in [0.05, 0.1) is 77.9 Å². The maximum Gasteiger partial charge on any atom is 0.266 e. The Kier molecular flexibility index (Phi) is 17.1.